The van der Waals surface area contributed by atoms with Crippen LogP contribution in [0, 0.1) is 0 Å². The molecular formula is C13H15NO. The third-order valence-electron chi connectivity index (χ3n) is 2.58. The lowest BCUT2D eigenvalue weighted by atomic mass is 10.0. The lowest BCUT2D eigenvalue weighted by molar-refractivity contribution is -0.120. The second kappa shape index (κ2) is 4.89. The van der Waals surface area contributed by atoms with Gasteiger partial charge in [0.2, 0.25) is 0 Å². The summed E-state index contributed by atoms with van der Waals surface area (Å²) < 4.78 is 0. The van der Waals surface area contributed by atoms with Crippen molar-refractivity contribution in [3.05, 3.63) is 42.0 Å². The highest BCUT2D eigenvalue weighted by Crippen LogP contribution is 2.08. The summed E-state index contributed by atoms with van der Waals surface area (Å²) in [5.41, 5.74) is 1.18. The van der Waals surface area contributed by atoms with E-state index in [-0.39, 0.29) is 6.04 Å². The fraction of sp³-hybridized carbons (Fsp3) is 0.308. The van der Waals surface area contributed by atoms with Gasteiger partial charge in [-0.15, -0.1) is 0 Å². The first-order valence-corrected chi connectivity index (χ1v) is 5.33. The van der Waals surface area contributed by atoms with E-state index in [1.54, 1.807) is 0 Å². The first kappa shape index (κ1) is 10.1. The second-order valence-electron chi connectivity index (χ2n) is 3.82. The van der Waals surface area contributed by atoms with Gasteiger partial charge in [-0.3, -0.25) is 4.79 Å². The van der Waals surface area contributed by atoms with Gasteiger partial charge in [0.15, 0.2) is 0 Å². The summed E-state index contributed by atoms with van der Waals surface area (Å²) in [6, 6.07) is 10.4. The molecule has 1 aliphatic heterocycles. The molecule has 1 N–H and O–H groups in total. The molecule has 1 aromatic carbocycles. The molecule has 0 amide bonds. The van der Waals surface area contributed by atoms with Gasteiger partial charge in [0.25, 0.3) is 0 Å². The third-order valence-corrected chi connectivity index (χ3v) is 2.58. The average molecular weight is 201 g/mol. The molecule has 1 unspecified atom stereocenters. The highest BCUT2D eigenvalue weighted by Gasteiger charge is 2.15. The summed E-state index contributed by atoms with van der Waals surface area (Å²) in [6.07, 6.45) is 5.45. The summed E-state index contributed by atoms with van der Waals surface area (Å²) in [5.74, 6) is 0.358. The molecule has 0 aromatic heterocycles. The van der Waals surface area contributed by atoms with Crippen LogP contribution in [0.5, 0.6) is 0 Å². The number of rotatable bonds is 2. The largest absolute Gasteiger partial charge is 0.310 e. The van der Waals surface area contributed by atoms with Crippen LogP contribution in [0.4, 0.5) is 0 Å². The minimum Gasteiger partial charge on any atom is -0.310 e. The van der Waals surface area contributed by atoms with E-state index in [0.29, 0.717) is 18.6 Å². The van der Waals surface area contributed by atoms with Crippen LogP contribution < -0.4 is 5.32 Å². The summed E-state index contributed by atoms with van der Waals surface area (Å²) in [7, 11) is 0. The Bertz CT molecular complexity index is 356. The molecule has 1 heterocycles. The fourth-order valence-corrected chi connectivity index (χ4v) is 1.74. The van der Waals surface area contributed by atoms with Crippen LogP contribution in [-0.4, -0.2) is 18.4 Å². The molecule has 0 spiro atoms. The molecule has 1 fully saturated rings. The highest BCUT2D eigenvalue weighted by molar-refractivity contribution is 5.80. The van der Waals surface area contributed by atoms with E-state index in [4.69, 9.17) is 0 Å². The van der Waals surface area contributed by atoms with Gasteiger partial charge in [-0.1, -0.05) is 42.5 Å². The maximum atomic E-state index is 11.2. The van der Waals surface area contributed by atoms with E-state index in [1.807, 2.05) is 18.2 Å². The monoisotopic (exact) mass is 201 g/mol. The van der Waals surface area contributed by atoms with Crippen molar-refractivity contribution in [1.29, 1.82) is 0 Å². The molecule has 0 saturated carbocycles. The van der Waals surface area contributed by atoms with Gasteiger partial charge in [0.1, 0.15) is 5.78 Å². The van der Waals surface area contributed by atoms with Crippen molar-refractivity contribution in [3.8, 4) is 0 Å². The van der Waals surface area contributed by atoms with Crippen molar-refractivity contribution >= 4 is 11.9 Å². The molecule has 0 radical (unpaired) electrons. The maximum Gasteiger partial charge on any atom is 0.136 e. The smallest absolute Gasteiger partial charge is 0.136 e. The number of Topliss-reactive ketones (excluding diaryl/α,β-unsaturated/α-hetero) is 1. The van der Waals surface area contributed by atoms with Crippen LogP contribution >= 0.6 is 0 Å². The summed E-state index contributed by atoms with van der Waals surface area (Å²) >= 11 is 0. The zero-order valence-electron chi connectivity index (χ0n) is 8.65. The topological polar surface area (TPSA) is 29.1 Å². The van der Waals surface area contributed by atoms with Gasteiger partial charge in [-0.2, -0.15) is 0 Å². The summed E-state index contributed by atoms with van der Waals surface area (Å²) in [5, 5.41) is 3.31. The minimum absolute atomic E-state index is 0.214. The van der Waals surface area contributed by atoms with Crippen molar-refractivity contribution in [2.45, 2.75) is 18.9 Å². The zero-order chi connectivity index (χ0) is 10.5. The lowest BCUT2D eigenvalue weighted by Crippen LogP contribution is -2.36. The molecular weight excluding hydrogens is 186 g/mol. The van der Waals surface area contributed by atoms with Crippen molar-refractivity contribution in [2.24, 2.45) is 0 Å². The van der Waals surface area contributed by atoms with E-state index < -0.39 is 0 Å². The van der Waals surface area contributed by atoms with Crippen LogP contribution in [-0.2, 0) is 4.79 Å². The Kier molecular flexibility index (Phi) is 3.30. The Balaban J connectivity index is 1.96. The van der Waals surface area contributed by atoms with Gasteiger partial charge in [0, 0.05) is 25.4 Å². The SMILES string of the molecule is O=C1CCNC(C=Cc2ccccc2)C1. The van der Waals surface area contributed by atoms with E-state index in [0.717, 1.165) is 6.54 Å². The van der Waals surface area contributed by atoms with E-state index in [2.05, 4.69) is 29.6 Å². The second-order valence-corrected chi connectivity index (χ2v) is 3.82. The molecule has 15 heavy (non-hydrogen) atoms. The standard InChI is InChI=1S/C13H15NO/c15-13-8-9-14-12(10-13)7-6-11-4-2-1-3-5-11/h1-7,12,14H,8-10H2. The zero-order valence-corrected chi connectivity index (χ0v) is 8.65. The minimum atomic E-state index is 0.214. The molecule has 2 rings (SSSR count). The normalized spacial score (nSPS) is 22.1. The summed E-state index contributed by atoms with van der Waals surface area (Å²) in [4.78, 5) is 11.2. The van der Waals surface area contributed by atoms with Gasteiger partial charge < -0.3 is 5.32 Å². The number of hydrogen-bond donors (Lipinski definition) is 1. The van der Waals surface area contributed by atoms with Gasteiger partial charge in [0.05, 0.1) is 0 Å². The fourth-order valence-electron chi connectivity index (χ4n) is 1.74. The van der Waals surface area contributed by atoms with Crippen LogP contribution in [0.25, 0.3) is 6.08 Å². The molecule has 1 aliphatic rings. The van der Waals surface area contributed by atoms with Crippen molar-refractivity contribution in [3.63, 3.8) is 0 Å². The molecule has 2 heteroatoms. The van der Waals surface area contributed by atoms with Crippen molar-refractivity contribution < 1.29 is 4.79 Å². The number of carbonyl (C=O) groups excluding carboxylic acids is 1. The third kappa shape index (κ3) is 3.03. The number of benzene rings is 1. The van der Waals surface area contributed by atoms with Crippen LogP contribution in [0.2, 0.25) is 0 Å². The molecule has 1 aromatic rings. The number of hydrogen-bond acceptors (Lipinski definition) is 2. The molecule has 1 atom stereocenters. The summed E-state index contributed by atoms with van der Waals surface area (Å²) in [6.45, 7) is 0.808. The van der Waals surface area contributed by atoms with Crippen LogP contribution in [0.1, 0.15) is 18.4 Å². The Morgan fingerprint density at radius 2 is 2.07 bits per heavy atom. The number of nitrogens with one attached hydrogen (secondary N) is 1. The van der Waals surface area contributed by atoms with Crippen molar-refractivity contribution in [1.82, 2.24) is 5.32 Å². The Morgan fingerprint density at radius 1 is 1.27 bits per heavy atom. The molecule has 2 nitrogen and oxygen atoms in total. The number of piperidine rings is 1. The predicted molar refractivity (Wildman–Crippen MR) is 61.5 cm³/mol. The average Bonchev–Trinajstić information content (AvgIpc) is 2.28. The van der Waals surface area contributed by atoms with Crippen LogP contribution in [0.3, 0.4) is 0 Å². The van der Waals surface area contributed by atoms with E-state index >= 15 is 0 Å². The highest BCUT2D eigenvalue weighted by atomic mass is 16.1. The molecule has 0 bridgehead atoms. The molecule has 0 aliphatic carbocycles. The maximum absolute atomic E-state index is 11.2. The van der Waals surface area contributed by atoms with Crippen molar-refractivity contribution in [2.75, 3.05) is 6.54 Å². The Hall–Kier alpha value is -1.41. The van der Waals surface area contributed by atoms with Gasteiger partial charge in [-0.05, 0) is 5.56 Å². The van der Waals surface area contributed by atoms with Gasteiger partial charge in [-0.25, -0.2) is 0 Å². The van der Waals surface area contributed by atoms with Crippen LogP contribution in [0.15, 0.2) is 36.4 Å². The predicted octanol–water partition coefficient (Wildman–Crippen LogP) is 2.02. The Labute approximate surface area is 90.0 Å². The Morgan fingerprint density at radius 3 is 2.80 bits per heavy atom. The number of carbonyl (C=O) groups is 1. The van der Waals surface area contributed by atoms with E-state index in [9.17, 15) is 4.79 Å². The quantitative estimate of drug-likeness (QED) is 0.793. The number of ketones is 1. The first-order chi connectivity index (χ1) is 7.34. The molecule has 1 saturated heterocycles. The first-order valence-electron chi connectivity index (χ1n) is 5.33. The lowest BCUT2D eigenvalue weighted by Gasteiger charge is -2.19. The molecule has 78 valence electrons. The van der Waals surface area contributed by atoms with E-state index in [1.165, 1.54) is 5.56 Å². The van der Waals surface area contributed by atoms with Gasteiger partial charge >= 0.3 is 0 Å².